The topological polar surface area (TPSA) is 12.9 Å². The van der Waals surface area contributed by atoms with Crippen LogP contribution in [0.2, 0.25) is 0 Å². The maximum absolute atomic E-state index is 4.10. The van der Waals surface area contributed by atoms with E-state index in [1.165, 1.54) is 4.88 Å². The molecular formula is C5H7NS3. The van der Waals surface area contributed by atoms with Gasteiger partial charge in [0.15, 0.2) is 0 Å². The maximum Gasteiger partial charge on any atom is 0.147 e. The average Bonchev–Trinajstić information content (AvgIpc) is 2.17. The van der Waals surface area contributed by atoms with Crippen LogP contribution in [-0.4, -0.2) is 11.2 Å². The van der Waals surface area contributed by atoms with Gasteiger partial charge in [0.2, 0.25) is 0 Å². The lowest BCUT2D eigenvalue weighted by Crippen LogP contribution is -1.66. The second-order valence-electron chi connectivity index (χ2n) is 1.54. The summed E-state index contributed by atoms with van der Waals surface area (Å²) < 4.78 is 0.860. The van der Waals surface area contributed by atoms with E-state index in [2.05, 4.69) is 23.9 Å². The number of thioether (sulfide) groups is 1. The zero-order valence-corrected chi connectivity index (χ0v) is 7.52. The van der Waals surface area contributed by atoms with Gasteiger partial charge < -0.3 is 0 Å². The number of hydrogen-bond donors (Lipinski definition) is 1. The molecule has 1 nitrogen and oxygen atoms in total. The van der Waals surface area contributed by atoms with E-state index in [1.807, 2.05) is 6.20 Å². The largest absolute Gasteiger partial charge is 0.238 e. The van der Waals surface area contributed by atoms with Crippen LogP contribution < -0.4 is 0 Å². The minimum Gasteiger partial charge on any atom is -0.238 e. The Morgan fingerprint density at radius 3 is 3.11 bits per heavy atom. The van der Waals surface area contributed by atoms with E-state index in [-0.39, 0.29) is 0 Å². The Morgan fingerprint density at radius 2 is 2.67 bits per heavy atom. The van der Waals surface area contributed by atoms with Crippen molar-refractivity contribution >= 4 is 35.7 Å². The predicted molar refractivity (Wildman–Crippen MR) is 46.6 cm³/mol. The molecule has 0 radical (unpaired) electrons. The van der Waals surface area contributed by atoms with Gasteiger partial charge in [-0.15, -0.1) is 24.0 Å². The molecule has 4 heteroatoms. The third-order valence-electron chi connectivity index (χ3n) is 0.828. The first-order valence-corrected chi connectivity index (χ1v) is 5.11. The Kier molecular flexibility index (Phi) is 2.88. The lowest BCUT2D eigenvalue weighted by Gasteiger charge is -1.85. The van der Waals surface area contributed by atoms with Crippen molar-refractivity contribution < 1.29 is 0 Å². The Bertz CT molecular complexity index is 184. The van der Waals surface area contributed by atoms with Crippen molar-refractivity contribution in [2.75, 3.05) is 6.26 Å². The molecule has 9 heavy (non-hydrogen) atoms. The fourth-order valence-corrected chi connectivity index (χ4v) is 2.31. The SMILES string of the molecule is CSCc1cnc(S)s1. The van der Waals surface area contributed by atoms with Gasteiger partial charge in [-0.3, -0.25) is 0 Å². The Labute approximate surface area is 68.3 Å². The van der Waals surface area contributed by atoms with Crippen LogP contribution in [0, 0.1) is 0 Å². The lowest BCUT2D eigenvalue weighted by molar-refractivity contribution is 1.25. The van der Waals surface area contributed by atoms with E-state index in [0.29, 0.717) is 0 Å². The second-order valence-corrected chi connectivity index (χ2v) is 4.25. The lowest BCUT2D eigenvalue weighted by atomic mass is 10.6. The van der Waals surface area contributed by atoms with Gasteiger partial charge in [0, 0.05) is 16.8 Å². The second kappa shape index (κ2) is 3.49. The van der Waals surface area contributed by atoms with Crippen LogP contribution in [0.5, 0.6) is 0 Å². The van der Waals surface area contributed by atoms with Crippen LogP contribution in [0.1, 0.15) is 4.88 Å². The third-order valence-corrected chi connectivity index (χ3v) is 2.80. The molecule has 0 amide bonds. The summed E-state index contributed by atoms with van der Waals surface area (Å²) in [5.74, 6) is 1.05. The van der Waals surface area contributed by atoms with Gasteiger partial charge in [-0.2, -0.15) is 11.8 Å². The fourth-order valence-electron chi connectivity index (χ4n) is 0.506. The van der Waals surface area contributed by atoms with Gasteiger partial charge >= 0.3 is 0 Å². The number of hydrogen-bond acceptors (Lipinski definition) is 4. The van der Waals surface area contributed by atoms with E-state index in [9.17, 15) is 0 Å². The molecule has 0 unspecified atom stereocenters. The van der Waals surface area contributed by atoms with Crippen LogP contribution >= 0.6 is 35.7 Å². The predicted octanol–water partition coefficient (Wildman–Crippen LogP) is 2.29. The minimum absolute atomic E-state index is 0.860. The number of thiazole rings is 1. The number of thiol groups is 1. The summed E-state index contributed by atoms with van der Waals surface area (Å²) in [5.41, 5.74) is 0. The van der Waals surface area contributed by atoms with Gasteiger partial charge in [0.05, 0.1) is 0 Å². The molecule has 0 saturated carbocycles. The van der Waals surface area contributed by atoms with Crippen LogP contribution in [0.15, 0.2) is 10.5 Å². The molecule has 0 bridgehead atoms. The first kappa shape index (κ1) is 7.44. The molecule has 0 spiro atoms. The van der Waals surface area contributed by atoms with Crippen LogP contribution in [-0.2, 0) is 5.75 Å². The van der Waals surface area contributed by atoms with E-state index in [4.69, 9.17) is 0 Å². The highest BCUT2D eigenvalue weighted by molar-refractivity contribution is 7.97. The molecule has 1 heterocycles. The molecule has 0 atom stereocenters. The molecule has 0 aromatic carbocycles. The first-order chi connectivity index (χ1) is 4.33. The van der Waals surface area contributed by atoms with Gasteiger partial charge in [-0.1, -0.05) is 0 Å². The molecule has 0 aliphatic carbocycles. The molecule has 0 aliphatic heterocycles. The third kappa shape index (κ3) is 2.20. The highest BCUT2D eigenvalue weighted by Crippen LogP contribution is 2.19. The standard InChI is InChI=1S/C5H7NS3/c1-8-3-4-2-6-5(7)9-4/h2H,3H2,1H3,(H,6,7). The van der Waals surface area contributed by atoms with Crippen molar-refractivity contribution in [3.8, 4) is 0 Å². The van der Waals surface area contributed by atoms with Gasteiger partial charge in [0.1, 0.15) is 4.34 Å². The zero-order chi connectivity index (χ0) is 6.69. The summed E-state index contributed by atoms with van der Waals surface area (Å²) in [6.45, 7) is 0. The summed E-state index contributed by atoms with van der Waals surface area (Å²) in [6.07, 6.45) is 3.96. The van der Waals surface area contributed by atoms with Crippen molar-refractivity contribution in [2.45, 2.75) is 10.1 Å². The monoisotopic (exact) mass is 177 g/mol. The molecule has 0 N–H and O–H groups in total. The Hall–Kier alpha value is 0.330. The number of nitrogens with zero attached hydrogens (tertiary/aromatic N) is 1. The molecule has 1 aromatic heterocycles. The summed E-state index contributed by atoms with van der Waals surface area (Å²) in [4.78, 5) is 5.30. The van der Waals surface area contributed by atoms with Crippen molar-refractivity contribution in [3.63, 3.8) is 0 Å². The van der Waals surface area contributed by atoms with Crippen molar-refractivity contribution in [2.24, 2.45) is 0 Å². The molecular weight excluding hydrogens is 170 g/mol. The van der Waals surface area contributed by atoms with E-state index < -0.39 is 0 Å². The fraction of sp³-hybridized carbons (Fsp3) is 0.400. The van der Waals surface area contributed by atoms with Crippen molar-refractivity contribution in [3.05, 3.63) is 11.1 Å². The van der Waals surface area contributed by atoms with Gasteiger partial charge in [-0.25, -0.2) is 4.98 Å². The summed E-state index contributed by atoms with van der Waals surface area (Å²) in [6, 6.07) is 0. The zero-order valence-electron chi connectivity index (χ0n) is 5.00. The van der Waals surface area contributed by atoms with Gasteiger partial charge in [0.25, 0.3) is 0 Å². The van der Waals surface area contributed by atoms with Crippen LogP contribution in [0.3, 0.4) is 0 Å². The first-order valence-electron chi connectivity index (χ1n) is 2.45. The normalized spacial score (nSPS) is 10.0. The summed E-state index contributed by atoms with van der Waals surface area (Å²) >= 11 is 7.55. The van der Waals surface area contributed by atoms with Crippen molar-refractivity contribution in [1.82, 2.24) is 4.98 Å². The van der Waals surface area contributed by atoms with E-state index in [1.54, 1.807) is 23.1 Å². The molecule has 1 rings (SSSR count). The number of rotatable bonds is 2. The molecule has 0 aliphatic rings. The molecule has 1 aromatic rings. The maximum atomic E-state index is 4.10. The smallest absolute Gasteiger partial charge is 0.147 e. The molecule has 0 fully saturated rings. The van der Waals surface area contributed by atoms with E-state index in [0.717, 1.165) is 10.1 Å². The Balaban J connectivity index is 2.61. The molecule has 50 valence electrons. The van der Waals surface area contributed by atoms with Gasteiger partial charge in [-0.05, 0) is 6.26 Å². The highest BCUT2D eigenvalue weighted by Gasteiger charge is 1.94. The number of aromatic nitrogens is 1. The average molecular weight is 177 g/mol. The quantitative estimate of drug-likeness (QED) is 0.696. The summed E-state index contributed by atoms with van der Waals surface area (Å²) in [5, 5.41) is 0. The summed E-state index contributed by atoms with van der Waals surface area (Å²) in [7, 11) is 0. The Morgan fingerprint density at radius 1 is 1.89 bits per heavy atom. The van der Waals surface area contributed by atoms with E-state index >= 15 is 0 Å². The van der Waals surface area contributed by atoms with Crippen LogP contribution in [0.4, 0.5) is 0 Å². The van der Waals surface area contributed by atoms with Crippen molar-refractivity contribution in [1.29, 1.82) is 0 Å². The molecule has 0 saturated heterocycles. The highest BCUT2D eigenvalue weighted by atomic mass is 32.2. The minimum atomic E-state index is 0.860. The van der Waals surface area contributed by atoms with Crippen LogP contribution in [0.25, 0.3) is 0 Å².